The Balaban J connectivity index is 2.67. The number of hydrogen-bond acceptors (Lipinski definition) is 5. The average Bonchev–Trinajstić information content (AvgIpc) is 2.17. The van der Waals surface area contributed by atoms with Crippen LogP contribution in [0.15, 0.2) is 18.3 Å². The van der Waals surface area contributed by atoms with Crippen molar-refractivity contribution in [3.8, 4) is 0 Å². The third-order valence-electron chi connectivity index (χ3n) is 1.66. The predicted molar refractivity (Wildman–Crippen MR) is 58.3 cm³/mol. The van der Waals surface area contributed by atoms with Crippen LogP contribution in [0, 0.1) is 10.1 Å². The van der Waals surface area contributed by atoms with Crippen LogP contribution in [0.4, 0.5) is 11.5 Å². The highest BCUT2D eigenvalue weighted by Crippen LogP contribution is 2.19. The number of aromatic nitrogens is 1. The van der Waals surface area contributed by atoms with E-state index in [9.17, 15) is 14.3 Å². The molecule has 7 heteroatoms. The van der Waals surface area contributed by atoms with Gasteiger partial charge in [-0.2, -0.15) is 0 Å². The normalized spacial score (nSPS) is 12.1. The average molecular weight is 229 g/mol. The Morgan fingerprint density at radius 1 is 1.67 bits per heavy atom. The molecule has 6 nitrogen and oxygen atoms in total. The number of nitro groups is 1. The van der Waals surface area contributed by atoms with Crippen molar-refractivity contribution in [2.45, 2.75) is 0 Å². The molecule has 1 aromatic heterocycles. The number of pyridine rings is 1. The van der Waals surface area contributed by atoms with Crippen molar-refractivity contribution < 1.29 is 9.13 Å². The number of anilines is 1. The molecule has 1 aromatic rings. The highest BCUT2D eigenvalue weighted by Gasteiger charge is 2.12. The minimum atomic E-state index is -0.909. The molecule has 0 saturated carbocycles. The third kappa shape index (κ3) is 3.62. The smallest absolute Gasteiger partial charge is 0.377 e. The maximum atomic E-state index is 10.8. The lowest BCUT2D eigenvalue weighted by molar-refractivity contribution is -0.388. The van der Waals surface area contributed by atoms with Crippen LogP contribution in [0.1, 0.15) is 0 Å². The first kappa shape index (κ1) is 11.6. The van der Waals surface area contributed by atoms with Gasteiger partial charge in [-0.1, -0.05) is 0 Å². The van der Waals surface area contributed by atoms with E-state index in [0.29, 0.717) is 18.0 Å². The Bertz CT molecular complexity index is 383. The molecule has 0 fully saturated rings. The Hall–Kier alpha value is -1.50. The maximum absolute atomic E-state index is 10.8. The summed E-state index contributed by atoms with van der Waals surface area (Å²) in [6.07, 6.45) is 2.95. The predicted octanol–water partition coefficient (Wildman–Crippen LogP) is 0.780. The fraction of sp³-hybridized carbons (Fsp3) is 0.375. The summed E-state index contributed by atoms with van der Waals surface area (Å²) in [5, 5.41) is 13.4. The topological polar surface area (TPSA) is 85.1 Å². The number of nitrogens with zero attached hydrogens (tertiary/aromatic N) is 2. The second kappa shape index (κ2) is 5.40. The molecule has 0 amide bonds. The van der Waals surface area contributed by atoms with E-state index < -0.39 is 15.7 Å². The van der Waals surface area contributed by atoms with Crippen LogP contribution in [0.2, 0.25) is 0 Å². The summed E-state index contributed by atoms with van der Waals surface area (Å²) in [6.45, 7) is 0.426. The molecule has 0 aliphatic heterocycles. The minimum absolute atomic E-state index is 0.209. The molecule has 1 rings (SSSR count). The lowest BCUT2D eigenvalue weighted by atomic mass is 10.4. The zero-order valence-corrected chi connectivity index (χ0v) is 8.99. The summed E-state index contributed by atoms with van der Waals surface area (Å²) in [5.74, 6) is 0.242. The van der Waals surface area contributed by atoms with Crippen LogP contribution in [0.25, 0.3) is 0 Å². The summed E-state index contributed by atoms with van der Waals surface area (Å²) in [5.41, 5.74) is 0.355. The van der Waals surface area contributed by atoms with Crippen LogP contribution in [-0.4, -0.2) is 32.7 Å². The van der Waals surface area contributed by atoms with Gasteiger partial charge in [-0.3, -0.25) is 4.21 Å². The van der Waals surface area contributed by atoms with Gasteiger partial charge < -0.3 is 15.4 Å². The molecule has 0 aliphatic carbocycles. The van der Waals surface area contributed by atoms with Gasteiger partial charge in [0.25, 0.3) is 0 Å². The number of nitrogens with one attached hydrogen (secondary N) is 1. The second-order valence-electron chi connectivity index (χ2n) is 2.84. The van der Waals surface area contributed by atoms with Gasteiger partial charge in [-0.15, -0.1) is 0 Å². The fourth-order valence-electron chi connectivity index (χ4n) is 1.01. The number of rotatable bonds is 5. The Labute approximate surface area is 89.3 Å². The highest BCUT2D eigenvalue weighted by atomic mass is 32.2. The van der Waals surface area contributed by atoms with Crippen molar-refractivity contribution in [1.29, 1.82) is 0 Å². The molecule has 15 heavy (non-hydrogen) atoms. The summed E-state index contributed by atoms with van der Waals surface area (Å²) in [4.78, 5) is 13.7. The first-order valence-electron chi connectivity index (χ1n) is 4.24. The molecule has 1 N–H and O–H groups in total. The van der Waals surface area contributed by atoms with Gasteiger partial charge in [-0.25, -0.2) is 0 Å². The lowest BCUT2D eigenvalue weighted by Crippen LogP contribution is -2.11. The van der Waals surface area contributed by atoms with Crippen LogP contribution in [0.5, 0.6) is 0 Å². The minimum Gasteiger partial charge on any atom is -0.377 e. The number of hydrogen-bond donors (Lipinski definition) is 1. The Kier molecular flexibility index (Phi) is 4.17. The van der Waals surface area contributed by atoms with E-state index in [4.69, 9.17) is 0 Å². The molecule has 0 radical (unpaired) electrons. The van der Waals surface area contributed by atoms with Crippen molar-refractivity contribution in [1.82, 2.24) is 4.98 Å². The molecule has 0 spiro atoms. The summed E-state index contributed by atoms with van der Waals surface area (Å²) >= 11 is 0. The van der Waals surface area contributed by atoms with Gasteiger partial charge in [0, 0.05) is 29.4 Å². The first-order valence-corrected chi connectivity index (χ1v) is 5.97. The van der Waals surface area contributed by atoms with E-state index in [1.54, 1.807) is 18.4 Å². The van der Waals surface area contributed by atoms with E-state index >= 15 is 0 Å². The molecule has 0 bridgehead atoms. The SMILES string of the molecule is CS(=O)CCNc1cccnc1[N+](=O)[O-]. The molecule has 1 heterocycles. The second-order valence-corrected chi connectivity index (χ2v) is 4.39. The Morgan fingerprint density at radius 3 is 3.00 bits per heavy atom. The zero-order chi connectivity index (χ0) is 11.3. The van der Waals surface area contributed by atoms with E-state index in [0.717, 1.165) is 0 Å². The van der Waals surface area contributed by atoms with Gasteiger partial charge in [0.2, 0.25) is 0 Å². The van der Waals surface area contributed by atoms with Crippen LogP contribution < -0.4 is 5.32 Å². The van der Waals surface area contributed by atoms with Gasteiger partial charge in [0.15, 0.2) is 0 Å². The molecule has 0 aromatic carbocycles. The van der Waals surface area contributed by atoms with E-state index in [1.807, 2.05) is 0 Å². The maximum Gasteiger partial charge on any atom is 0.386 e. The Morgan fingerprint density at radius 2 is 2.40 bits per heavy atom. The standard InChI is InChI=1S/C8H11N3O3S/c1-15(14)6-5-9-7-3-2-4-10-8(7)11(12)13/h2-4,9H,5-6H2,1H3. The largest absolute Gasteiger partial charge is 0.386 e. The van der Waals surface area contributed by atoms with Crippen molar-refractivity contribution in [2.75, 3.05) is 23.9 Å². The fourth-order valence-corrected chi connectivity index (χ4v) is 1.40. The van der Waals surface area contributed by atoms with Gasteiger partial charge in [0.05, 0.1) is 0 Å². The lowest BCUT2D eigenvalue weighted by Gasteiger charge is -2.04. The molecular weight excluding hydrogens is 218 g/mol. The van der Waals surface area contributed by atoms with Crippen molar-refractivity contribution in [2.24, 2.45) is 0 Å². The van der Waals surface area contributed by atoms with Crippen molar-refractivity contribution in [3.63, 3.8) is 0 Å². The zero-order valence-electron chi connectivity index (χ0n) is 8.17. The monoisotopic (exact) mass is 229 g/mol. The van der Waals surface area contributed by atoms with E-state index in [2.05, 4.69) is 10.3 Å². The van der Waals surface area contributed by atoms with E-state index in [-0.39, 0.29) is 5.82 Å². The summed E-state index contributed by atoms with van der Waals surface area (Å²) in [6, 6.07) is 3.18. The quantitative estimate of drug-likeness (QED) is 0.595. The molecule has 1 atom stereocenters. The molecular formula is C8H11N3O3S. The van der Waals surface area contributed by atoms with Crippen LogP contribution >= 0.6 is 0 Å². The first-order chi connectivity index (χ1) is 7.11. The van der Waals surface area contributed by atoms with Gasteiger partial charge >= 0.3 is 5.82 Å². The summed E-state index contributed by atoms with van der Waals surface area (Å²) in [7, 11) is -0.909. The molecule has 1 unspecified atom stereocenters. The van der Waals surface area contributed by atoms with E-state index in [1.165, 1.54) is 6.20 Å². The van der Waals surface area contributed by atoms with Gasteiger partial charge in [0.1, 0.15) is 11.9 Å². The van der Waals surface area contributed by atoms with Crippen molar-refractivity contribution >= 4 is 22.3 Å². The van der Waals surface area contributed by atoms with Crippen molar-refractivity contribution in [3.05, 3.63) is 28.4 Å². The molecule has 82 valence electrons. The molecule has 0 saturated heterocycles. The van der Waals surface area contributed by atoms with Crippen LogP contribution in [-0.2, 0) is 10.8 Å². The van der Waals surface area contributed by atoms with Crippen LogP contribution in [0.3, 0.4) is 0 Å². The third-order valence-corrected chi connectivity index (χ3v) is 2.44. The van der Waals surface area contributed by atoms with Gasteiger partial charge in [-0.05, 0) is 22.0 Å². The summed E-state index contributed by atoms with van der Waals surface area (Å²) < 4.78 is 10.8. The molecule has 0 aliphatic rings. The highest BCUT2D eigenvalue weighted by molar-refractivity contribution is 7.84.